The summed E-state index contributed by atoms with van der Waals surface area (Å²) in [4.78, 5) is 19.7. The molecule has 1 saturated carbocycles. The summed E-state index contributed by atoms with van der Waals surface area (Å²) in [5.74, 6) is 0.331. The number of ether oxygens (including phenoxy) is 2. The minimum atomic E-state index is -0.366. The second-order valence-electron chi connectivity index (χ2n) is 6.34. The van der Waals surface area contributed by atoms with Crippen LogP contribution in [0.25, 0.3) is 10.6 Å². The standard InChI is InChI=1S/C18H22N2O3S/c1-11-10-19-17(24-11)12-5-13(18(21)22-4)7-15(6-12)23-16-8-14(9-16)20(2)3/h5-7,10,14,16H,8-9H2,1-4H3/t14-,16-. The lowest BCUT2D eigenvalue weighted by Gasteiger charge is -2.39. The SMILES string of the molecule is COC(=O)c1cc(O[C@H]2C[C@H](N(C)C)C2)cc(-c2ncc(C)s2)c1. The Hall–Kier alpha value is -1.92. The number of nitrogens with zero attached hydrogens (tertiary/aromatic N) is 2. The fraction of sp³-hybridized carbons (Fsp3) is 0.444. The topological polar surface area (TPSA) is 51.7 Å². The number of rotatable bonds is 5. The van der Waals surface area contributed by atoms with Crippen LogP contribution in [0.15, 0.2) is 24.4 Å². The lowest BCUT2D eigenvalue weighted by molar-refractivity contribution is 0.0398. The molecular weight excluding hydrogens is 324 g/mol. The van der Waals surface area contributed by atoms with Gasteiger partial charge in [0.25, 0.3) is 0 Å². The van der Waals surface area contributed by atoms with Gasteiger partial charge in [-0.25, -0.2) is 9.78 Å². The lowest BCUT2D eigenvalue weighted by atomic mass is 9.88. The second kappa shape index (κ2) is 6.91. The number of esters is 1. The molecule has 1 aromatic heterocycles. The van der Waals surface area contributed by atoms with E-state index < -0.39 is 0 Å². The Morgan fingerprint density at radius 2 is 2.04 bits per heavy atom. The second-order valence-corrected chi connectivity index (χ2v) is 7.58. The molecule has 5 nitrogen and oxygen atoms in total. The number of benzene rings is 1. The first-order chi connectivity index (χ1) is 11.5. The van der Waals surface area contributed by atoms with Crippen molar-refractivity contribution in [2.75, 3.05) is 21.2 Å². The zero-order valence-corrected chi connectivity index (χ0v) is 15.2. The lowest BCUT2D eigenvalue weighted by Crippen LogP contribution is -2.46. The molecule has 0 atom stereocenters. The van der Waals surface area contributed by atoms with Crippen molar-refractivity contribution >= 4 is 17.3 Å². The van der Waals surface area contributed by atoms with Gasteiger partial charge < -0.3 is 14.4 Å². The molecule has 24 heavy (non-hydrogen) atoms. The van der Waals surface area contributed by atoms with Crippen molar-refractivity contribution in [3.05, 3.63) is 34.8 Å². The molecule has 0 N–H and O–H groups in total. The van der Waals surface area contributed by atoms with Gasteiger partial charge in [0.15, 0.2) is 0 Å². The van der Waals surface area contributed by atoms with Crippen molar-refractivity contribution < 1.29 is 14.3 Å². The van der Waals surface area contributed by atoms with Crippen LogP contribution in [0, 0.1) is 6.92 Å². The summed E-state index contributed by atoms with van der Waals surface area (Å²) in [5, 5.41) is 0.878. The molecule has 0 spiro atoms. The molecule has 0 amide bonds. The third-order valence-corrected chi connectivity index (χ3v) is 5.26. The van der Waals surface area contributed by atoms with Crippen molar-refractivity contribution in [3.8, 4) is 16.3 Å². The molecule has 0 aliphatic heterocycles. The summed E-state index contributed by atoms with van der Waals surface area (Å²) in [6.45, 7) is 2.01. The van der Waals surface area contributed by atoms with E-state index >= 15 is 0 Å². The minimum Gasteiger partial charge on any atom is -0.490 e. The average Bonchev–Trinajstić information content (AvgIpc) is 2.95. The van der Waals surface area contributed by atoms with E-state index in [1.807, 2.05) is 19.2 Å². The van der Waals surface area contributed by atoms with Crippen LogP contribution >= 0.6 is 11.3 Å². The number of thiazole rings is 1. The molecule has 1 heterocycles. The van der Waals surface area contributed by atoms with E-state index in [1.54, 1.807) is 23.5 Å². The number of hydrogen-bond donors (Lipinski definition) is 0. The Bertz CT molecular complexity index is 736. The van der Waals surface area contributed by atoms with Crippen LogP contribution < -0.4 is 4.74 Å². The molecule has 6 heteroatoms. The van der Waals surface area contributed by atoms with Gasteiger partial charge in [-0.3, -0.25) is 0 Å². The summed E-state index contributed by atoms with van der Waals surface area (Å²) < 4.78 is 10.9. The monoisotopic (exact) mass is 346 g/mol. The summed E-state index contributed by atoms with van der Waals surface area (Å²) in [6.07, 6.45) is 4.03. The Labute approximate surface area is 146 Å². The molecule has 0 bridgehead atoms. The van der Waals surface area contributed by atoms with E-state index in [0.29, 0.717) is 17.4 Å². The van der Waals surface area contributed by atoms with Gasteiger partial charge in [-0.05, 0) is 52.1 Å². The maximum absolute atomic E-state index is 12.0. The van der Waals surface area contributed by atoms with Gasteiger partial charge in [0, 0.05) is 22.7 Å². The highest BCUT2D eigenvalue weighted by Crippen LogP contribution is 2.33. The summed E-state index contributed by atoms with van der Waals surface area (Å²) in [7, 11) is 5.56. The first kappa shape index (κ1) is 16.9. The van der Waals surface area contributed by atoms with Crippen molar-refractivity contribution in [1.29, 1.82) is 0 Å². The van der Waals surface area contributed by atoms with Gasteiger partial charge in [-0.2, -0.15) is 0 Å². The molecule has 0 saturated heterocycles. The largest absolute Gasteiger partial charge is 0.490 e. The van der Waals surface area contributed by atoms with Crippen molar-refractivity contribution in [2.45, 2.75) is 31.9 Å². The van der Waals surface area contributed by atoms with Gasteiger partial charge in [0.1, 0.15) is 16.9 Å². The third-order valence-electron chi connectivity index (χ3n) is 4.30. The Morgan fingerprint density at radius 1 is 1.29 bits per heavy atom. The van der Waals surface area contributed by atoms with E-state index in [0.717, 1.165) is 28.3 Å². The van der Waals surface area contributed by atoms with Crippen LogP contribution in [0.1, 0.15) is 28.1 Å². The number of hydrogen-bond acceptors (Lipinski definition) is 6. The van der Waals surface area contributed by atoms with Gasteiger partial charge in [0.2, 0.25) is 0 Å². The van der Waals surface area contributed by atoms with E-state index in [4.69, 9.17) is 9.47 Å². The van der Waals surface area contributed by atoms with Crippen LogP contribution in [0.3, 0.4) is 0 Å². The van der Waals surface area contributed by atoms with Crippen LogP contribution in [-0.4, -0.2) is 49.2 Å². The molecule has 0 radical (unpaired) electrons. The molecular formula is C18H22N2O3S. The predicted molar refractivity (Wildman–Crippen MR) is 94.8 cm³/mol. The number of methoxy groups -OCH3 is 1. The van der Waals surface area contributed by atoms with Crippen LogP contribution in [0.4, 0.5) is 0 Å². The summed E-state index contributed by atoms with van der Waals surface area (Å²) in [6, 6.07) is 6.08. The average molecular weight is 346 g/mol. The molecule has 1 aliphatic carbocycles. The summed E-state index contributed by atoms with van der Waals surface area (Å²) in [5.41, 5.74) is 1.37. The first-order valence-electron chi connectivity index (χ1n) is 7.95. The molecule has 3 rings (SSSR count). The van der Waals surface area contributed by atoms with Gasteiger partial charge in [-0.15, -0.1) is 11.3 Å². The van der Waals surface area contributed by atoms with Crippen LogP contribution in [0.5, 0.6) is 5.75 Å². The maximum Gasteiger partial charge on any atom is 0.338 e. The van der Waals surface area contributed by atoms with E-state index in [-0.39, 0.29) is 12.1 Å². The highest BCUT2D eigenvalue weighted by atomic mass is 32.1. The van der Waals surface area contributed by atoms with Gasteiger partial charge in [0.05, 0.1) is 12.7 Å². The molecule has 2 aromatic rings. The smallest absolute Gasteiger partial charge is 0.338 e. The zero-order chi connectivity index (χ0) is 17.3. The fourth-order valence-electron chi connectivity index (χ4n) is 2.76. The molecule has 128 valence electrons. The van der Waals surface area contributed by atoms with Gasteiger partial charge >= 0.3 is 5.97 Å². The molecule has 0 unspecified atom stereocenters. The first-order valence-corrected chi connectivity index (χ1v) is 8.77. The van der Waals surface area contributed by atoms with Crippen molar-refractivity contribution in [3.63, 3.8) is 0 Å². The highest BCUT2D eigenvalue weighted by molar-refractivity contribution is 7.14. The Kier molecular flexibility index (Phi) is 4.87. The number of aryl methyl sites for hydroxylation is 1. The van der Waals surface area contributed by atoms with Crippen molar-refractivity contribution in [1.82, 2.24) is 9.88 Å². The molecule has 1 aromatic carbocycles. The fourth-order valence-corrected chi connectivity index (χ4v) is 3.51. The van der Waals surface area contributed by atoms with E-state index in [2.05, 4.69) is 24.0 Å². The summed E-state index contributed by atoms with van der Waals surface area (Å²) >= 11 is 1.60. The highest BCUT2D eigenvalue weighted by Gasteiger charge is 2.32. The molecule has 1 fully saturated rings. The Morgan fingerprint density at radius 3 is 2.62 bits per heavy atom. The molecule has 1 aliphatic rings. The normalized spacial score (nSPS) is 19.9. The maximum atomic E-state index is 12.0. The van der Waals surface area contributed by atoms with Crippen LogP contribution in [-0.2, 0) is 4.74 Å². The number of aromatic nitrogens is 1. The zero-order valence-electron chi connectivity index (χ0n) is 14.4. The Balaban J connectivity index is 1.84. The number of carbonyl (C=O) groups excluding carboxylic acids is 1. The quantitative estimate of drug-likeness (QED) is 0.777. The van der Waals surface area contributed by atoms with Crippen LogP contribution in [0.2, 0.25) is 0 Å². The minimum absolute atomic E-state index is 0.191. The van der Waals surface area contributed by atoms with Gasteiger partial charge in [-0.1, -0.05) is 0 Å². The van der Waals surface area contributed by atoms with Crippen molar-refractivity contribution in [2.24, 2.45) is 0 Å². The predicted octanol–water partition coefficient (Wildman–Crippen LogP) is 3.38. The third kappa shape index (κ3) is 3.60. The van der Waals surface area contributed by atoms with E-state index in [1.165, 1.54) is 7.11 Å². The number of carbonyl (C=O) groups is 1. The van der Waals surface area contributed by atoms with E-state index in [9.17, 15) is 4.79 Å².